The van der Waals surface area contributed by atoms with Gasteiger partial charge >= 0.3 is 0 Å². The molecule has 17 heavy (non-hydrogen) atoms. The Morgan fingerprint density at radius 1 is 1.59 bits per heavy atom. The first-order valence-electron chi connectivity index (χ1n) is 5.83. The highest BCUT2D eigenvalue weighted by Gasteiger charge is 2.25. The van der Waals surface area contributed by atoms with Crippen molar-refractivity contribution in [1.29, 1.82) is 0 Å². The molecule has 1 saturated heterocycles. The van der Waals surface area contributed by atoms with Gasteiger partial charge in [-0.15, -0.1) is 0 Å². The average Bonchev–Trinajstić information content (AvgIpc) is 2.30. The van der Waals surface area contributed by atoms with Crippen molar-refractivity contribution in [3.63, 3.8) is 0 Å². The number of carbonyl (C=O) groups is 1. The minimum atomic E-state index is 0.159. The highest BCUT2D eigenvalue weighted by atomic mass is 16.2. The summed E-state index contributed by atoms with van der Waals surface area (Å²) in [6, 6.07) is 0.268. The zero-order chi connectivity index (χ0) is 12.3. The summed E-state index contributed by atoms with van der Waals surface area (Å²) in [6.07, 6.45) is 5.99. The molecule has 0 N–H and O–H groups in total. The number of rotatable bonds is 2. The van der Waals surface area contributed by atoms with Gasteiger partial charge in [-0.1, -0.05) is 0 Å². The summed E-state index contributed by atoms with van der Waals surface area (Å²) in [5, 5.41) is 0. The maximum Gasteiger partial charge on any atom is 0.219 e. The molecule has 1 aromatic rings. The number of aromatic nitrogens is 2. The van der Waals surface area contributed by atoms with Crippen LogP contribution in [0.5, 0.6) is 0 Å². The maximum atomic E-state index is 11.4. The van der Waals surface area contributed by atoms with Crippen molar-refractivity contribution in [1.82, 2.24) is 19.8 Å². The molecule has 0 saturated carbocycles. The Bertz CT molecular complexity index is 381. The second kappa shape index (κ2) is 5.23. The van der Waals surface area contributed by atoms with Gasteiger partial charge in [0, 0.05) is 39.1 Å². The van der Waals surface area contributed by atoms with Crippen LogP contribution in [0.3, 0.4) is 0 Å². The van der Waals surface area contributed by atoms with Gasteiger partial charge in [0.05, 0.1) is 18.1 Å². The SMILES string of the molecule is CC(=O)N1CCN(Cc2cn[c]cn2)CC1C. The summed E-state index contributed by atoms with van der Waals surface area (Å²) in [7, 11) is 0. The third-order valence-corrected chi connectivity index (χ3v) is 3.08. The van der Waals surface area contributed by atoms with Crippen molar-refractivity contribution in [3.8, 4) is 0 Å². The minimum Gasteiger partial charge on any atom is -0.338 e. The number of carbonyl (C=O) groups excluding carboxylic acids is 1. The third kappa shape index (κ3) is 3.00. The first-order chi connectivity index (χ1) is 8.16. The second-order valence-electron chi connectivity index (χ2n) is 4.43. The Morgan fingerprint density at radius 3 is 3.00 bits per heavy atom. The molecule has 5 nitrogen and oxygen atoms in total. The molecule has 0 spiro atoms. The lowest BCUT2D eigenvalue weighted by molar-refractivity contribution is -0.133. The van der Waals surface area contributed by atoms with Crippen LogP contribution in [0, 0.1) is 6.20 Å². The lowest BCUT2D eigenvalue weighted by Crippen LogP contribution is -2.53. The molecule has 1 radical (unpaired) electrons. The summed E-state index contributed by atoms with van der Waals surface area (Å²) >= 11 is 0. The summed E-state index contributed by atoms with van der Waals surface area (Å²) in [6.45, 7) is 7.08. The normalized spacial score (nSPS) is 21.5. The Hall–Kier alpha value is -1.49. The first kappa shape index (κ1) is 12.0. The highest BCUT2D eigenvalue weighted by molar-refractivity contribution is 5.73. The maximum absolute atomic E-state index is 11.4. The van der Waals surface area contributed by atoms with Gasteiger partial charge < -0.3 is 4.90 Å². The van der Waals surface area contributed by atoms with Gasteiger partial charge in [-0.3, -0.25) is 19.7 Å². The van der Waals surface area contributed by atoms with Crippen LogP contribution in [0.1, 0.15) is 19.5 Å². The van der Waals surface area contributed by atoms with Crippen LogP contribution < -0.4 is 0 Å². The molecule has 1 unspecified atom stereocenters. The van der Waals surface area contributed by atoms with E-state index >= 15 is 0 Å². The van der Waals surface area contributed by atoms with Crippen LogP contribution in [-0.2, 0) is 11.3 Å². The largest absolute Gasteiger partial charge is 0.338 e. The average molecular weight is 233 g/mol. The summed E-state index contributed by atoms with van der Waals surface area (Å²) in [5.41, 5.74) is 0.951. The molecule has 1 fully saturated rings. The fraction of sp³-hybridized carbons (Fsp3) is 0.583. The number of hydrogen-bond acceptors (Lipinski definition) is 4. The molecule has 1 aromatic heterocycles. The van der Waals surface area contributed by atoms with E-state index in [4.69, 9.17) is 0 Å². The summed E-state index contributed by atoms with van der Waals surface area (Å²) < 4.78 is 0. The van der Waals surface area contributed by atoms with E-state index in [1.807, 2.05) is 4.90 Å². The Morgan fingerprint density at radius 2 is 2.41 bits per heavy atom. The second-order valence-corrected chi connectivity index (χ2v) is 4.43. The Balaban J connectivity index is 1.92. The molecular formula is C12H17N4O. The molecule has 2 rings (SSSR count). The van der Waals surface area contributed by atoms with Gasteiger partial charge in [-0.2, -0.15) is 0 Å². The molecule has 1 amide bonds. The van der Waals surface area contributed by atoms with E-state index in [1.54, 1.807) is 19.3 Å². The van der Waals surface area contributed by atoms with Gasteiger partial charge in [0.1, 0.15) is 6.20 Å². The highest BCUT2D eigenvalue weighted by Crippen LogP contribution is 2.11. The van der Waals surface area contributed by atoms with E-state index in [-0.39, 0.29) is 11.9 Å². The van der Waals surface area contributed by atoms with Crippen molar-refractivity contribution in [2.45, 2.75) is 26.4 Å². The van der Waals surface area contributed by atoms with Crippen molar-refractivity contribution in [3.05, 3.63) is 24.3 Å². The van der Waals surface area contributed by atoms with Gasteiger partial charge in [0.25, 0.3) is 0 Å². The van der Waals surface area contributed by atoms with E-state index < -0.39 is 0 Å². The summed E-state index contributed by atoms with van der Waals surface area (Å²) in [5.74, 6) is 0.159. The molecular weight excluding hydrogens is 216 g/mol. The smallest absolute Gasteiger partial charge is 0.219 e. The number of piperazine rings is 1. The zero-order valence-corrected chi connectivity index (χ0v) is 10.3. The lowest BCUT2D eigenvalue weighted by Gasteiger charge is -2.39. The van der Waals surface area contributed by atoms with E-state index in [9.17, 15) is 4.79 Å². The van der Waals surface area contributed by atoms with E-state index in [0.29, 0.717) is 0 Å². The molecule has 1 aliphatic heterocycles. The topological polar surface area (TPSA) is 49.3 Å². The van der Waals surface area contributed by atoms with Crippen LogP contribution in [0.4, 0.5) is 0 Å². The summed E-state index contributed by atoms with van der Waals surface area (Å²) in [4.78, 5) is 23.7. The van der Waals surface area contributed by atoms with Crippen LogP contribution in [0.15, 0.2) is 12.4 Å². The molecule has 2 heterocycles. The van der Waals surface area contributed by atoms with E-state index in [0.717, 1.165) is 31.9 Å². The predicted octanol–water partition coefficient (Wildman–Crippen LogP) is 0.329. The van der Waals surface area contributed by atoms with Gasteiger partial charge in [0.15, 0.2) is 0 Å². The minimum absolute atomic E-state index is 0.159. The lowest BCUT2D eigenvalue weighted by atomic mass is 10.2. The van der Waals surface area contributed by atoms with Gasteiger partial charge in [-0.25, -0.2) is 0 Å². The molecule has 0 aromatic carbocycles. The van der Waals surface area contributed by atoms with E-state index in [2.05, 4.69) is 28.0 Å². The monoisotopic (exact) mass is 233 g/mol. The quantitative estimate of drug-likeness (QED) is 0.738. The van der Waals surface area contributed by atoms with Gasteiger partial charge in [-0.05, 0) is 6.92 Å². The number of hydrogen-bond donors (Lipinski definition) is 0. The molecule has 5 heteroatoms. The fourth-order valence-corrected chi connectivity index (χ4v) is 2.25. The Kier molecular flexibility index (Phi) is 3.68. The van der Waals surface area contributed by atoms with Gasteiger partial charge in [0.2, 0.25) is 5.91 Å². The number of nitrogens with zero attached hydrogens (tertiary/aromatic N) is 4. The molecule has 1 aliphatic rings. The zero-order valence-electron chi connectivity index (χ0n) is 10.3. The van der Waals surface area contributed by atoms with Crippen molar-refractivity contribution >= 4 is 5.91 Å². The fourth-order valence-electron chi connectivity index (χ4n) is 2.25. The molecule has 91 valence electrons. The van der Waals surface area contributed by atoms with Crippen molar-refractivity contribution < 1.29 is 4.79 Å². The molecule has 0 aliphatic carbocycles. The standard InChI is InChI=1S/C12H17N4O/c1-10-8-15(5-6-16(10)11(2)17)9-12-7-13-3-4-14-12/h4,7,10H,5-6,8-9H2,1-2H3. The van der Waals surface area contributed by atoms with Crippen LogP contribution in [0.25, 0.3) is 0 Å². The predicted molar refractivity (Wildman–Crippen MR) is 63.0 cm³/mol. The third-order valence-electron chi connectivity index (χ3n) is 3.08. The Labute approximate surface area is 101 Å². The number of amides is 1. The van der Waals surface area contributed by atoms with Crippen molar-refractivity contribution in [2.24, 2.45) is 0 Å². The van der Waals surface area contributed by atoms with Crippen LogP contribution in [-0.4, -0.2) is 51.4 Å². The van der Waals surface area contributed by atoms with E-state index in [1.165, 1.54) is 0 Å². The first-order valence-corrected chi connectivity index (χ1v) is 5.83. The molecule has 1 atom stereocenters. The van der Waals surface area contributed by atoms with Crippen molar-refractivity contribution in [2.75, 3.05) is 19.6 Å². The van der Waals surface area contributed by atoms with Crippen LogP contribution in [0.2, 0.25) is 0 Å². The molecule has 0 bridgehead atoms. The van der Waals surface area contributed by atoms with Crippen LogP contribution >= 0.6 is 0 Å².